The maximum absolute atomic E-state index is 10.4. The van der Waals surface area contributed by atoms with Crippen molar-refractivity contribution in [2.24, 2.45) is 5.92 Å². The van der Waals surface area contributed by atoms with Crippen LogP contribution in [-0.4, -0.2) is 22.8 Å². The zero-order chi connectivity index (χ0) is 15.1. The van der Waals surface area contributed by atoms with Gasteiger partial charge in [-0.15, -0.1) is 18.8 Å². The van der Waals surface area contributed by atoms with E-state index in [1.807, 2.05) is 6.08 Å². The summed E-state index contributed by atoms with van der Waals surface area (Å²) in [5.41, 5.74) is 0.0318. The maximum Gasteiger partial charge on any atom is 0.0620 e. The number of terminal acetylenes is 2. The fourth-order valence-electron chi connectivity index (χ4n) is 4.15. The highest BCUT2D eigenvalue weighted by molar-refractivity contribution is 5.17. The highest BCUT2D eigenvalue weighted by atomic mass is 16.3. The third-order valence-electron chi connectivity index (χ3n) is 5.12. The monoisotopic (exact) mass is 285 g/mol. The molecule has 2 heteroatoms. The van der Waals surface area contributed by atoms with Crippen molar-refractivity contribution in [3.05, 3.63) is 12.2 Å². The molecule has 114 valence electrons. The summed E-state index contributed by atoms with van der Waals surface area (Å²) in [6.45, 7) is 0. The third kappa shape index (κ3) is 3.91. The summed E-state index contributed by atoms with van der Waals surface area (Å²) >= 11 is 0. The zero-order valence-electron chi connectivity index (χ0n) is 12.9. The predicted molar refractivity (Wildman–Crippen MR) is 87.5 cm³/mol. The molecule has 4 atom stereocenters. The van der Waals surface area contributed by atoms with Gasteiger partial charge in [-0.1, -0.05) is 18.4 Å². The second-order valence-electron chi connectivity index (χ2n) is 6.50. The number of nitrogens with one attached hydrogen (secondary N) is 1. The number of allylic oxidation sites excluding steroid dienone is 1. The lowest BCUT2D eigenvalue weighted by molar-refractivity contribution is 0.00278. The van der Waals surface area contributed by atoms with Crippen LogP contribution in [0, 0.1) is 30.6 Å². The lowest BCUT2D eigenvalue weighted by atomic mass is 9.66. The summed E-state index contributed by atoms with van der Waals surface area (Å²) in [5, 5.41) is 14.3. The first-order chi connectivity index (χ1) is 10.2. The van der Waals surface area contributed by atoms with E-state index < -0.39 is 0 Å². The van der Waals surface area contributed by atoms with Crippen molar-refractivity contribution in [3.63, 3.8) is 0 Å². The van der Waals surface area contributed by atoms with Crippen molar-refractivity contribution in [1.29, 1.82) is 0 Å². The van der Waals surface area contributed by atoms with Gasteiger partial charge in [-0.25, -0.2) is 0 Å². The van der Waals surface area contributed by atoms with E-state index in [9.17, 15) is 5.11 Å². The Morgan fingerprint density at radius 3 is 2.71 bits per heavy atom. The molecule has 2 fully saturated rings. The molecule has 0 aromatic carbocycles. The van der Waals surface area contributed by atoms with E-state index in [-0.39, 0.29) is 17.6 Å². The minimum absolute atomic E-state index is 0.0318. The fourth-order valence-corrected chi connectivity index (χ4v) is 4.15. The van der Waals surface area contributed by atoms with Crippen LogP contribution in [-0.2, 0) is 0 Å². The molecule has 1 heterocycles. The summed E-state index contributed by atoms with van der Waals surface area (Å²) in [5.74, 6) is 5.43. The minimum Gasteiger partial charge on any atom is -0.392 e. The molecule has 1 aliphatic heterocycles. The summed E-state index contributed by atoms with van der Waals surface area (Å²) < 4.78 is 0. The second kappa shape index (κ2) is 7.69. The smallest absolute Gasteiger partial charge is 0.0620 e. The largest absolute Gasteiger partial charge is 0.392 e. The molecule has 0 unspecified atom stereocenters. The molecule has 1 saturated heterocycles. The van der Waals surface area contributed by atoms with Gasteiger partial charge in [0.2, 0.25) is 0 Å². The number of aliphatic hydroxyl groups excluding tert-OH is 1. The number of hydrogen-bond donors (Lipinski definition) is 2. The molecule has 1 spiro atoms. The number of rotatable bonds is 4. The Bertz CT molecular complexity index is 437. The van der Waals surface area contributed by atoms with Crippen molar-refractivity contribution >= 4 is 0 Å². The van der Waals surface area contributed by atoms with Crippen LogP contribution in [0.5, 0.6) is 0 Å². The topological polar surface area (TPSA) is 32.3 Å². The highest BCUT2D eigenvalue weighted by Crippen LogP contribution is 2.41. The van der Waals surface area contributed by atoms with E-state index in [0.29, 0.717) is 6.04 Å². The molecule has 0 amide bonds. The van der Waals surface area contributed by atoms with E-state index in [2.05, 4.69) is 17.2 Å². The Kier molecular flexibility index (Phi) is 5.92. The first-order valence-corrected chi connectivity index (χ1v) is 8.24. The second-order valence-corrected chi connectivity index (χ2v) is 6.50. The van der Waals surface area contributed by atoms with Crippen molar-refractivity contribution in [2.45, 2.75) is 75.5 Å². The number of aliphatic hydroxyl groups is 1. The zero-order valence-corrected chi connectivity index (χ0v) is 12.9. The van der Waals surface area contributed by atoms with Crippen LogP contribution < -0.4 is 5.32 Å². The first-order valence-electron chi connectivity index (χ1n) is 8.24. The van der Waals surface area contributed by atoms with E-state index in [0.717, 1.165) is 44.9 Å². The maximum atomic E-state index is 10.4. The summed E-state index contributed by atoms with van der Waals surface area (Å²) in [7, 11) is 0. The van der Waals surface area contributed by atoms with Gasteiger partial charge in [0.05, 0.1) is 6.10 Å². The normalized spacial score (nSPS) is 36.4. The van der Waals surface area contributed by atoms with Crippen LogP contribution >= 0.6 is 0 Å². The standard InChI is InChI=1S/C19H27NO/c1-3-5-7-10-16-11-8-14-19(20-16)15-9-13-18(21)17(19)12-6-4-2/h1-2,6,12,16-18,20-21H,5,7-11,13-15H2/t16-,17-,18+,19-/m1/s1. The fraction of sp³-hybridized carbons (Fsp3) is 0.684. The van der Waals surface area contributed by atoms with Crippen molar-refractivity contribution in [2.75, 3.05) is 0 Å². The van der Waals surface area contributed by atoms with Crippen molar-refractivity contribution < 1.29 is 5.11 Å². The molecule has 2 aliphatic rings. The lowest BCUT2D eigenvalue weighted by Gasteiger charge is -2.51. The number of unbranched alkanes of at least 4 members (excludes halogenated alkanes) is 1. The van der Waals surface area contributed by atoms with Gasteiger partial charge in [0, 0.05) is 23.9 Å². The SMILES string of the molecule is C#CC=C[C@@H]1[C@@H](O)CCC[C@]12CCC[C@@H](CCCC#C)N2. The Balaban J connectivity index is 2.07. The van der Waals surface area contributed by atoms with Gasteiger partial charge in [-0.3, -0.25) is 0 Å². The van der Waals surface area contributed by atoms with Crippen LogP contribution in [0.1, 0.15) is 57.8 Å². The molecule has 1 saturated carbocycles. The summed E-state index contributed by atoms with van der Waals surface area (Å²) in [6.07, 6.45) is 24.0. The molecule has 2 nitrogen and oxygen atoms in total. The molecular weight excluding hydrogens is 258 g/mol. The van der Waals surface area contributed by atoms with E-state index in [4.69, 9.17) is 12.8 Å². The highest BCUT2D eigenvalue weighted by Gasteiger charge is 2.45. The van der Waals surface area contributed by atoms with Crippen molar-refractivity contribution in [3.8, 4) is 24.7 Å². The summed E-state index contributed by atoms with van der Waals surface area (Å²) in [6, 6.07) is 0.527. The van der Waals surface area contributed by atoms with Gasteiger partial charge >= 0.3 is 0 Å². The van der Waals surface area contributed by atoms with Crippen LogP contribution in [0.25, 0.3) is 0 Å². The molecule has 21 heavy (non-hydrogen) atoms. The number of hydrogen-bond acceptors (Lipinski definition) is 2. The molecule has 0 radical (unpaired) electrons. The van der Waals surface area contributed by atoms with Crippen LogP contribution in [0.2, 0.25) is 0 Å². The molecule has 2 N–H and O–H groups in total. The van der Waals surface area contributed by atoms with E-state index in [1.54, 1.807) is 6.08 Å². The van der Waals surface area contributed by atoms with Gasteiger partial charge in [0.1, 0.15) is 0 Å². The number of piperidine rings is 1. The van der Waals surface area contributed by atoms with Gasteiger partial charge in [0.15, 0.2) is 0 Å². The lowest BCUT2D eigenvalue weighted by Crippen LogP contribution is -2.61. The third-order valence-corrected chi connectivity index (χ3v) is 5.12. The van der Waals surface area contributed by atoms with Crippen LogP contribution in [0.4, 0.5) is 0 Å². The predicted octanol–water partition coefficient (Wildman–Crippen LogP) is 3.02. The molecule has 0 aromatic rings. The van der Waals surface area contributed by atoms with Crippen LogP contribution in [0.15, 0.2) is 12.2 Å². The molecule has 1 aliphatic carbocycles. The average Bonchev–Trinajstić information content (AvgIpc) is 2.47. The molecular formula is C19H27NO. The van der Waals surface area contributed by atoms with Gasteiger partial charge < -0.3 is 10.4 Å². The average molecular weight is 285 g/mol. The Morgan fingerprint density at radius 1 is 1.24 bits per heavy atom. The Hall–Kier alpha value is -1.22. The molecule has 0 bridgehead atoms. The van der Waals surface area contributed by atoms with Crippen molar-refractivity contribution in [1.82, 2.24) is 5.32 Å². The minimum atomic E-state index is -0.277. The quantitative estimate of drug-likeness (QED) is 0.615. The molecule has 0 aromatic heterocycles. The van der Waals surface area contributed by atoms with Crippen LogP contribution in [0.3, 0.4) is 0 Å². The van der Waals surface area contributed by atoms with E-state index >= 15 is 0 Å². The van der Waals surface area contributed by atoms with Gasteiger partial charge in [0.25, 0.3) is 0 Å². The Labute approximate surface area is 129 Å². The molecule has 2 rings (SSSR count). The summed E-state index contributed by atoms with van der Waals surface area (Å²) in [4.78, 5) is 0. The Morgan fingerprint density at radius 2 is 2.00 bits per heavy atom. The first kappa shape index (κ1) is 16.2. The van der Waals surface area contributed by atoms with E-state index in [1.165, 1.54) is 12.8 Å². The van der Waals surface area contributed by atoms with Gasteiger partial charge in [-0.05, 0) is 51.0 Å². The van der Waals surface area contributed by atoms with Gasteiger partial charge in [-0.2, -0.15) is 0 Å².